The van der Waals surface area contributed by atoms with Gasteiger partial charge in [-0.05, 0) is 49.8 Å². The predicted molar refractivity (Wildman–Crippen MR) is 101 cm³/mol. The number of hydrogen-bond donors (Lipinski definition) is 2. The predicted octanol–water partition coefficient (Wildman–Crippen LogP) is 3.41. The van der Waals surface area contributed by atoms with Crippen LogP contribution >= 0.6 is 11.6 Å². The second-order valence-electron chi connectivity index (χ2n) is 5.65. The summed E-state index contributed by atoms with van der Waals surface area (Å²) >= 11 is 5.79. The Hall–Kier alpha value is -1.82. The molecule has 25 heavy (non-hydrogen) atoms. The van der Waals surface area contributed by atoms with Crippen LogP contribution in [0, 0.1) is 0 Å². The number of rotatable bonds is 11. The number of halogens is 1. The second kappa shape index (κ2) is 10.9. The Morgan fingerprint density at radius 1 is 1.04 bits per heavy atom. The number of ether oxygens (including phenoxy) is 2. The third kappa shape index (κ3) is 6.90. The Balaban J connectivity index is 1.84. The average Bonchev–Trinajstić information content (AvgIpc) is 2.64. The summed E-state index contributed by atoms with van der Waals surface area (Å²) in [5.74, 6) is 1.45. The molecule has 1 aromatic heterocycles. The summed E-state index contributed by atoms with van der Waals surface area (Å²) in [7, 11) is 1.65. The molecule has 0 aliphatic carbocycles. The van der Waals surface area contributed by atoms with Crippen LogP contribution in [0.4, 0.5) is 0 Å². The zero-order valence-electron chi connectivity index (χ0n) is 14.8. The SMILES string of the molecule is CCNCCCNCc1ccc(OCc2ccc(Cl)nc2)c(OC)c1. The third-order valence-electron chi connectivity index (χ3n) is 3.70. The van der Waals surface area contributed by atoms with Crippen LogP contribution in [0.15, 0.2) is 36.5 Å². The van der Waals surface area contributed by atoms with Crippen LogP contribution in [-0.2, 0) is 13.2 Å². The lowest BCUT2D eigenvalue weighted by Crippen LogP contribution is -2.21. The maximum Gasteiger partial charge on any atom is 0.161 e. The number of methoxy groups -OCH3 is 1. The zero-order chi connectivity index (χ0) is 17.9. The van der Waals surface area contributed by atoms with Crippen molar-refractivity contribution in [3.63, 3.8) is 0 Å². The average molecular weight is 364 g/mol. The van der Waals surface area contributed by atoms with Gasteiger partial charge in [-0.25, -0.2) is 4.98 Å². The van der Waals surface area contributed by atoms with E-state index in [4.69, 9.17) is 21.1 Å². The van der Waals surface area contributed by atoms with E-state index in [0.717, 1.165) is 43.9 Å². The van der Waals surface area contributed by atoms with Crippen LogP contribution in [0.25, 0.3) is 0 Å². The Labute approximate surface area is 154 Å². The summed E-state index contributed by atoms with van der Waals surface area (Å²) in [5.41, 5.74) is 2.12. The molecule has 0 radical (unpaired) electrons. The molecule has 0 bridgehead atoms. The molecule has 2 N–H and O–H groups in total. The van der Waals surface area contributed by atoms with E-state index in [0.29, 0.717) is 17.5 Å². The highest BCUT2D eigenvalue weighted by atomic mass is 35.5. The minimum Gasteiger partial charge on any atom is -0.493 e. The number of benzene rings is 1. The van der Waals surface area contributed by atoms with Crippen LogP contribution in [0.3, 0.4) is 0 Å². The van der Waals surface area contributed by atoms with Gasteiger partial charge in [0.1, 0.15) is 11.8 Å². The second-order valence-corrected chi connectivity index (χ2v) is 6.03. The van der Waals surface area contributed by atoms with Gasteiger partial charge in [0, 0.05) is 18.3 Å². The Morgan fingerprint density at radius 3 is 2.56 bits per heavy atom. The summed E-state index contributed by atoms with van der Waals surface area (Å²) in [6, 6.07) is 9.65. The van der Waals surface area contributed by atoms with E-state index in [-0.39, 0.29) is 0 Å². The van der Waals surface area contributed by atoms with Crippen molar-refractivity contribution in [2.75, 3.05) is 26.7 Å². The largest absolute Gasteiger partial charge is 0.493 e. The van der Waals surface area contributed by atoms with Crippen molar-refractivity contribution >= 4 is 11.6 Å². The maximum atomic E-state index is 5.84. The number of nitrogens with zero attached hydrogens (tertiary/aromatic N) is 1. The van der Waals surface area contributed by atoms with Gasteiger partial charge in [0.25, 0.3) is 0 Å². The van der Waals surface area contributed by atoms with Crippen molar-refractivity contribution in [1.29, 1.82) is 0 Å². The summed E-state index contributed by atoms with van der Waals surface area (Å²) in [6.07, 6.45) is 2.82. The molecule has 1 aromatic carbocycles. The molecule has 2 rings (SSSR count). The number of nitrogens with one attached hydrogen (secondary N) is 2. The molecule has 0 spiro atoms. The number of hydrogen-bond acceptors (Lipinski definition) is 5. The molecule has 0 atom stereocenters. The number of pyridine rings is 1. The first-order valence-electron chi connectivity index (χ1n) is 8.54. The Kier molecular flexibility index (Phi) is 8.52. The highest BCUT2D eigenvalue weighted by Crippen LogP contribution is 2.28. The van der Waals surface area contributed by atoms with Crippen molar-refractivity contribution in [3.05, 3.63) is 52.8 Å². The van der Waals surface area contributed by atoms with Gasteiger partial charge in [0.15, 0.2) is 11.5 Å². The number of aromatic nitrogens is 1. The molecule has 5 nitrogen and oxygen atoms in total. The maximum absolute atomic E-state index is 5.84. The third-order valence-corrected chi connectivity index (χ3v) is 3.92. The van der Waals surface area contributed by atoms with E-state index in [1.807, 2.05) is 18.2 Å². The van der Waals surface area contributed by atoms with Crippen molar-refractivity contribution in [1.82, 2.24) is 15.6 Å². The lowest BCUT2D eigenvalue weighted by atomic mass is 10.2. The molecule has 0 saturated carbocycles. The standard InChI is InChI=1S/C19H26ClN3O2/c1-3-21-9-4-10-22-12-15-5-7-17(18(11-15)24-2)25-14-16-6-8-19(20)23-13-16/h5-8,11,13,21-22H,3-4,9-10,12,14H2,1-2H3. The van der Waals surface area contributed by atoms with Crippen molar-refractivity contribution in [3.8, 4) is 11.5 Å². The first-order valence-corrected chi connectivity index (χ1v) is 8.92. The summed E-state index contributed by atoms with van der Waals surface area (Å²) in [4.78, 5) is 4.05. The quantitative estimate of drug-likeness (QED) is 0.473. The fraction of sp³-hybridized carbons (Fsp3) is 0.421. The summed E-state index contributed by atoms with van der Waals surface area (Å²) in [6.45, 7) is 6.39. The molecule has 1 heterocycles. The molecule has 0 amide bonds. The van der Waals surface area contributed by atoms with E-state index < -0.39 is 0 Å². The van der Waals surface area contributed by atoms with E-state index in [2.05, 4.69) is 28.6 Å². The van der Waals surface area contributed by atoms with Crippen LogP contribution < -0.4 is 20.1 Å². The minimum atomic E-state index is 0.419. The molecule has 0 unspecified atom stereocenters. The van der Waals surface area contributed by atoms with Gasteiger partial charge in [-0.15, -0.1) is 0 Å². The molecule has 0 aliphatic rings. The van der Waals surface area contributed by atoms with E-state index in [9.17, 15) is 0 Å². The fourth-order valence-corrected chi connectivity index (χ4v) is 2.45. The van der Waals surface area contributed by atoms with Crippen LogP contribution in [0.5, 0.6) is 11.5 Å². The fourth-order valence-electron chi connectivity index (χ4n) is 2.34. The van der Waals surface area contributed by atoms with Gasteiger partial charge in [-0.1, -0.05) is 30.7 Å². The molecule has 0 aliphatic heterocycles. The van der Waals surface area contributed by atoms with Crippen molar-refractivity contribution < 1.29 is 9.47 Å². The van der Waals surface area contributed by atoms with Crippen LogP contribution in [0.1, 0.15) is 24.5 Å². The lowest BCUT2D eigenvalue weighted by Gasteiger charge is -2.13. The molecule has 2 aromatic rings. The highest BCUT2D eigenvalue weighted by Gasteiger charge is 2.06. The monoisotopic (exact) mass is 363 g/mol. The summed E-state index contributed by atoms with van der Waals surface area (Å²) in [5, 5.41) is 7.23. The van der Waals surface area contributed by atoms with Crippen molar-refractivity contribution in [2.45, 2.75) is 26.5 Å². The van der Waals surface area contributed by atoms with E-state index in [1.165, 1.54) is 5.56 Å². The van der Waals surface area contributed by atoms with Gasteiger partial charge < -0.3 is 20.1 Å². The summed E-state index contributed by atoms with van der Waals surface area (Å²) < 4.78 is 11.3. The molecule has 136 valence electrons. The van der Waals surface area contributed by atoms with Gasteiger partial charge in [0.2, 0.25) is 0 Å². The van der Waals surface area contributed by atoms with Crippen molar-refractivity contribution in [2.24, 2.45) is 0 Å². The molecular weight excluding hydrogens is 338 g/mol. The van der Waals surface area contributed by atoms with Crippen LogP contribution in [0.2, 0.25) is 5.15 Å². The zero-order valence-corrected chi connectivity index (χ0v) is 15.6. The molecular formula is C19H26ClN3O2. The Morgan fingerprint density at radius 2 is 1.84 bits per heavy atom. The van der Waals surface area contributed by atoms with E-state index in [1.54, 1.807) is 19.4 Å². The first-order chi connectivity index (χ1) is 12.2. The lowest BCUT2D eigenvalue weighted by molar-refractivity contribution is 0.284. The topological polar surface area (TPSA) is 55.4 Å². The van der Waals surface area contributed by atoms with Gasteiger partial charge >= 0.3 is 0 Å². The van der Waals surface area contributed by atoms with Gasteiger partial charge in [0.05, 0.1) is 7.11 Å². The highest BCUT2D eigenvalue weighted by molar-refractivity contribution is 6.29. The smallest absolute Gasteiger partial charge is 0.161 e. The first kappa shape index (κ1) is 19.5. The Bertz CT molecular complexity index is 635. The van der Waals surface area contributed by atoms with Gasteiger partial charge in [-0.3, -0.25) is 0 Å². The van der Waals surface area contributed by atoms with E-state index >= 15 is 0 Å². The van der Waals surface area contributed by atoms with Gasteiger partial charge in [-0.2, -0.15) is 0 Å². The van der Waals surface area contributed by atoms with Crippen LogP contribution in [-0.4, -0.2) is 31.7 Å². The molecule has 0 saturated heterocycles. The normalized spacial score (nSPS) is 10.7. The molecule has 6 heteroatoms. The molecule has 0 fully saturated rings. The minimum absolute atomic E-state index is 0.419.